The van der Waals surface area contributed by atoms with Crippen LogP contribution in [-0.4, -0.2) is 25.0 Å². The van der Waals surface area contributed by atoms with Crippen LogP contribution in [0.5, 0.6) is 5.75 Å². The van der Waals surface area contributed by atoms with Crippen molar-refractivity contribution in [2.24, 2.45) is 0 Å². The lowest BCUT2D eigenvalue weighted by molar-refractivity contribution is -0.118. The van der Waals surface area contributed by atoms with Gasteiger partial charge in [-0.15, -0.1) is 0 Å². The number of nitrogens with one attached hydrogen (secondary N) is 3. The van der Waals surface area contributed by atoms with E-state index in [1.54, 1.807) is 18.2 Å². The number of anilines is 2. The second kappa shape index (κ2) is 7.36. The summed E-state index contributed by atoms with van der Waals surface area (Å²) in [6.07, 6.45) is 0.656. The molecule has 1 heterocycles. The Morgan fingerprint density at radius 2 is 1.88 bits per heavy atom. The number of hydrogen-bond donors (Lipinski definition) is 3. The normalized spacial score (nSPS) is 15.8. The van der Waals surface area contributed by atoms with E-state index in [1.807, 2.05) is 12.1 Å². The number of benzene rings is 2. The van der Waals surface area contributed by atoms with Gasteiger partial charge in [0, 0.05) is 25.2 Å². The number of amides is 2. The lowest BCUT2D eigenvalue weighted by atomic mass is 9.95. The van der Waals surface area contributed by atoms with Crippen LogP contribution >= 0.6 is 0 Å². The van der Waals surface area contributed by atoms with E-state index in [2.05, 4.69) is 28.1 Å². The first-order chi connectivity index (χ1) is 12.1. The molecular formula is C19H21N3O3. The standard InChI is InChI=1S/C19H21N3O3/c1-12(23)21-16-8-7-15(10-18(16)25-2)22-19(24)17-9-13-5-3-4-6-14(13)11-20-17/h3-8,10,17,20H,9,11H2,1-2H3,(H,21,23)(H,22,24). The van der Waals surface area contributed by atoms with Crippen LogP contribution in [0.15, 0.2) is 42.5 Å². The van der Waals surface area contributed by atoms with Gasteiger partial charge in [0.2, 0.25) is 11.8 Å². The van der Waals surface area contributed by atoms with Crippen LogP contribution in [0.4, 0.5) is 11.4 Å². The molecule has 0 aromatic heterocycles. The summed E-state index contributed by atoms with van der Waals surface area (Å²) in [5, 5.41) is 8.85. The fourth-order valence-electron chi connectivity index (χ4n) is 2.93. The Kier molecular flexibility index (Phi) is 5.00. The smallest absolute Gasteiger partial charge is 0.241 e. The first-order valence-electron chi connectivity index (χ1n) is 8.13. The lowest BCUT2D eigenvalue weighted by Gasteiger charge is -2.25. The van der Waals surface area contributed by atoms with Crippen LogP contribution < -0.4 is 20.7 Å². The lowest BCUT2D eigenvalue weighted by Crippen LogP contribution is -2.44. The van der Waals surface area contributed by atoms with Gasteiger partial charge in [0.1, 0.15) is 5.75 Å². The van der Waals surface area contributed by atoms with Gasteiger partial charge >= 0.3 is 0 Å². The highest BCUT2D eigenvalue weighted by atomic mass is 16.5. The van der Waals surface area contributed by atoms with Gasteiger partial charge in [-0.2, -0.15) is 0 Å². The molecular weight excluding hydrogens is 318 g/mol. The molecule has 0 saturated heterocycles. The highest BCUT2D eigenvalue weighted by Gasteiger charge is 2.24. The molecule has 0 bridgehead atoms. The Bertz CT molecular complexity index is 804. The SMILES string of the molecule is COc1cc(NC(=O)C2Cc3ccccc3CN2)ccc1NC(C)=O. The maximum atomic E-state index is 12.6. The highest BCUT2D eigenvalue weighted by Crippen LogP contribution is 2.28. The van der Waals surface area contributed by atoms with E-state index in [0.717, 1.165) is 0 Å². The van der Waals surface area contributed by atoms with Crippen molar-refractivity contribution in [2.45, 2.75) is 25.9 Å². The molecule has 25 heavy (non-hydrogen) atoms. The van der Waals surface area contributed by atoms with Gasteiger partial charge in [-0.25, -0.2) is 0 Å². The van der Waals surface area contributed by atoms with Gasteiger partial charge in [0.05, 0.1) is 18.8 Å². The van der Waals surface area contributed by atoms with Crippen molar-refractivity contribution in [3.8, 4) is 5.75 Å². The number of carbonyl (C=O) groups is 2. The first kappa shape index (κ1) is 17.0. The van der Waals surface area contributed by atoms with Crippen LogP contribution in [0.1, 0.15) is 18.1 Å². The largest absolute Gasteiger partial charge is 0.494 e. The summed E-state index contributed by atoms with van der Waals surface area (Å²) < 4.78 is 5.28. The zero-order valence-corrected chi connectivity index (χ0v) is 14.3. The van der Waals surface area contributed by atoms with Crippen molar-refractivity contribution >= 4 is 23.2 Å². The van der Waals surface area contributed by atoms with E-state index in [9.17, 15) is 9.59 Å². The van der Waals surface area contributed by atoms with E-state index in [1.165, 1.54) is 25.2 Å². The summed E-state index contributed by atoms with van der Waals surface area (Å²) in [5.74, 6) is 0.221. The summed E-state index contributed by atoms with van der Waals surface area (Å²) in [4.78, 5) is 23.8. The molecule has 130 valence electrons. The summed E-state index contributed by atoms with van der Waals surface area (Å²) in [6.45, 7) is 2.11. The molecule has 1 unspecified atom stereocenters. The molecule has 0 radical (unpaired) electrons. The Labute approximate surface area is 146 Å². The van der Waals surface area contributed by atoms with Gasteiger partial charge < -0.3 is 20.7 Å². The maximum absolute atomic E-state index is 12.6. The summed E-state index contributed by atoms with van der Waals surface area (Å²) in [7, 11) is 1.52. The minimum atomic E-state index is -0.282. The average molecular weight is 339 g/mol. The van der Waals surface area contributed by atoms with Crippen LogP contribution in [0.2, 0.25) is 0 Å². The summed E-state index contributed by atoms with van der Waals surface area (Å²) in [5.41, 5.74) is 3.61. The molecule has 0 aliphatic carbocycles. The number of carbonyl (C=O) groups excluding carboxylic acids is 2. The molecule has 1 aliphatic heterocycles. The van der Waals surface area contributed by atoms with Crippen LogP contribution in [0, 0.1) is 0 Å². The third kappa shape index (κ3) is 3.97. The third-order valence-corrected chi connectivity index (χ3v) is 4.18. The van der Waals surface area contributed by atoms with Crippen molar-refractivity contribution in [1.29, 1.82) is 0 Å². The molecule has 3 N–H and O–H groups in total. The van der Waals surface area contributed by atoms with Crippen molar-refractivity contribution < 1.29 is 14.3 Å². The molecule has 2 amide bonds. The Morgan fingerprint density at radius 1 is 1.12 bits per heavy atom. The number of ether oxygens (including phenoxy) is 1. The van der Waals surface area contributed by atoms with E-state index in [-0.39, 0.29) is 17.9 Å². The second-order valence-electron chi connectivity index (χ2n) is 5.99. The minimum absolute atomic E-state index is 0.0937. The molecule has 2 aromatic carbocycles. The van der Waals surface area contributed by atoms with Crippen LogP contribution in [0.25, 0.3) is 0 Å². The first-order valence-corrected chi connectivity index (χ1v) is 8.13. The predicted octanol–water partition coefficient (Wildman–Crippen LogP) is 2.31. The predicted molar refractivity (Wildman–Crippen MR) is 96.7 cm³/mol. The number of rotatable bonds is 4. The Balaban J connectivity index is 1.70. The van der Waals surface area contributed by atoms with Crippen molar-refractivity contribution in [2.75, 3.05) is 17.7 Å². The van der Waals surface area contributed by atoms with E-state index >= 15 is 0 Å². The second-order valence-corrected chi connectivity index (χ2v) is 5.99. The van der Waals surface area contributed by atoms with Crippen LogP contribution in [0.3, 0.4) is 0 Å². The Hall–Kier alpha value is -2.86. The number of hydrogen-bond acceptors (Lipinski definition) is 4. The topological polar surface area (TPSA) is 79.5 Å². The molecule has 2 aromatic rings. The van der Waals surface area contributed by atoms with E-state index < -0.39 is 0 Å². The van der Waals surface area contributed by atoms with Crippen molar-refractivity contribution in [1.82, 2.24) is 5.32 Å². The average Bonchev–Trinajstić information content (AvgIpc) is 2.62. The minimum Gasteiger partial charge on any atom is -0.494 e. The fraction of sp³-hybridized carbons (Fsp3) is 0.263. The zero-order valence-electron chi connectivity index (χ0n) is 14.3. The molecule has 0 saturated carbocycles. The monoisotopic (exact) mass is 339 g/mol. The molecule has 1 aliphatic rings. The van der Waals surface area contributed by atoms with E-state index in [0.29, 0.717) is 30.1 Å². The van der Waals surface area contributed by atoms with Gasteiger partial charge in [-0.3, -0.25) is 9.59 Å². The number of fused-ring (bicyclic) bond motifs is 1. The molecule has 0 fully saturated rings. The summed E-state index contributed by atoms with van der Waals surface area (Å²) >= 11 is 0. The quantitative estimate of drug-likeness (QED) is 0.799. The third-order valence-electron chi connectivity index (χ3n) is 4.18. The van der Waals surface area contributed by atoms with Crippen LogP contribution in [-0.2, 0) is 22.6 Å². The maximum Gasteiger partial charge on any atom is 0.241 e. The fourth-order valence-corrected chi connectivity index (χ4v) is 2.93. The number of methoxy groups -OCH3 is 1. The van der Waals surface area contributed by atoms with Crippen molar-refractivity contribution in [3.05, 3.63) is 53.6 Å². The van der Waals surface area contributed by atoms with Gasteiger partial charge in [-0.1, -0.05) is 24.3 Å². The molecule has 3 rings (SSSR count). The van der Waals surface area contributed by atoms with Gasteiger partial charge in [-0.05, 0) is 29.7 Å². The van der Waals surface area contributed by atoms with Gasteiger partial charge in [0.15, 0.2) is 0 Å². The molecule has 1 atom stereocenters. The Morgan fingerprint density at radius 3 is 2.60 bits per heavy atom. The van der Waals surface area contributed by atoms with E-state index in [4.69, 9.17) is 4.74 Å². The van der Waals surface area contributed by atoms with Gasteiger partial charge in [0.25, 0.3) is 0 Å². The molecule has 6 nitrogen and oxygen atoms in total. The summed E-state index contributed by atoms with van der Waals surface area (Å²) in [6, 6.07) is 13.0. The molecule has 6 heteroatoms. The highest BCUT2D eigenvalue weighted by molar-refractivity contribution is 5.96. The molecule has 0 spiro atoms. The van der Waals surface area contributed by atoms with Crippen molar-refractivity contribution in [3.63, 3.8) is 0 Å². The zero-order chi connectivity index (χ0) is 17.8.